The minimum absolute atomic E-state index is 0.117. The molecule has 136 valence electrons. The van der Waals surface area contributed by atoms with Gasteiger partial charge in [-0.1, -0.05) is 27.7 Å². The van der Waals surface area contributed by atoms with E-state index in [1.54, 1.807) is 6.92 Å². The van der Waals surface area contributed by atoms with Crippen LogP contribution in [-0.4, -0.2) is 33.9 Å². The lowest BCUT2D eigenvalue weighted by Gasteiger charge is -2.40. The summed E-state index contributed by atoms with van der Waals surface area (Å²) in [7, 11) is 0. The molecule has 0 aromatic rings. The summed E-state index contributed by atoms with van der Waals surface area (Å²) in [5.41, 5.74) is 2.45. The summed E-state index contributed by atoms with van der Waals surface area (Å²) in [5, 5.41) is 4.03. The molecule has 6 nitrogen and oxygen atoms in total. The van der Waals surface area contributed by atoms with Gasteiger partial charge in [0, 0.05) is 30.0 Å². The van der Waals surface area contributed by atoms with Gasteiger partial charge in [0.2, 0.25) is 17.7 Å². The van der Waals surface area contributed by atoms with Crippen molar-refractivity contribution in [2.45, 2.75) is 79.7 Å². The Balaban J connectivity index is 2.76. The molecule has 1 rings (SSSR count). The molecule has 1 heterocycles. The topological polar surface area (TPSA) is 78.8 Å². The normalized spacial score (nSPS) is 19.9. The summed E-state index contributed by atoms with van der Waals surface area (Å²) in [6.07, 6.45) is 1.89. The van der Waals surface area contributed by atoms with E-state index in [1.807, 2.05) is 41.5 Å². The first kappa shape index (κ1) is 20.3. The van der Waals surface area contributed by atoms with Crippen LogP contribution in [0.1, 0.15) is 74.1 Å². The Morgan fingerprint density at radius 3 is 2.33 bits per heavy atom. The summed E-state index contributed by atoms with van der Waals surface area (Å²) in [5.74, 6) is -0.653. The fraction of sp³-hybridized carbons (Fsp3) is 0.778. The molecular formula is C18H31N3O3. The molecule has 1 unspecified atom stereocenters. The number of likely N-dealkylation sites (tertiary alicyclic amines) is 1. The molecule has 6 heteroatoms. The van der Waals surface area contributed by atoms with Gasteiger partial charge >= 0.3 is 0 Å². The molecule has 0 radical (unpaired) electrons. The Kier molecular flexibility index (Phi) is 6.31. The second kappa shape index (κ2) is 7.45. The van der Waals surface area contributed by atoms with Crippen molar-refractivity contribution in [2.75, 3.05) is 0 Å². The van der Waals surface area contributed by atoms with Crippen LogP contribution in [0.2, 0.25) is 0 Å². The van der Waals surface area contributed by atoms with Crippen LogP contribution in [-0.2, 0) is 14.4 Å². The number of rotatable bonds is 7. The standard InChI is InChI=1S/C18H31N3O3/c1-8-13(3)19-20-14(22)10-17(4,5)11-18(6,7)21-15(23)9-12(2)16(21)24/h12H,8-11H2,1-7H3,(H,20,22)/b19-13-. The van der Waals surface area contributed by atoms with Gasteiger partial charge in [0.1, 0.15) is 0 Å². The van der Waals surface area contributed by atoms with E-state index in [9.17, 15) is 14.4 Å². The number of amides is 3. The van der Waals surface area contributed by atoms with Gasteiger partial charge in [-0.15, -0.1) is 0 Å². The molecule has 24 heavy (non-hydrogen) atoms. The lowest BCUT2D eigenvalue weighted by molar-refractivity contribution is -0.146. The SMILES string of the molecule is CC/C(C)=N\NC(=O)CC(C)(C)CC(C)(C)N1C(=O)CC(C)C1=O. The largest absolute Gasteiger partial charge is 0.277 e. The first-order valence-corrected chi connectivity index (χ1v) is 8.58. The molecule has 1 saturated heterocycles. The number of hydrogen-bond acceptors (Lipinski definition) is 4. The predicted molar refractivity (Wildman–Crippen MR) is 94.3 cm³/mol. The van der Waals surface area contributed by atoms with Crippen molar-refractivity contribution in [1.29, 1.82) is 0 Å². The molecule has 0 spiro atoms. The third-order valence-corrected chi connectivity index (χ3v) is 4.41. The summed E-state index contributed by atoms with van der Waals surface area (Å²) in [6, 6.07) is 0. The van der Waals surface area contributed by atoms with Crippen molar-refractivity contribution < 1.29 is 14.4 Å². The van der Waals surface area contributed by atoms with Gasteiger partial charge in [0.05, 0.1) is 0 Å². The second-order valence-electron chi connectivity index (χ2n) is 8.24. The number of hydrogen-bond donors (Lipinski definition) is 1. The quantitative estimate of drug-likeness (QED) is 0.441. The number of nitrogens with one attached hydrogen (secondary N) is 1. The third kappa shape index (κ3) is 5.14. The minimum atomic E-state index is -0.620. The van der Waals surface area contributed by atoms with Gasteiger partial charge in [0.15, 0.2) is 0 Å². The Labute approximate surface area is 145 Å². The molecule has 1 atom stereocenters. The molecule has 1 fully saturated rings. The smallest absolute Gasteiger partial charge is 0.240 e. The fourth-order valence-electron chi connectivity index (χ4n) is 3.44. The van der Waals surface area contributed by atoms with E-state index in [1.165, 1.54) is 4.90 Å². The highest BCUT2D eigenvalue weighted by Crippen LogP contribution is 2.37. The van der Waals surface area contributed by atoms with Gasteiger partial charge in [0.25, 0.3) is 0 Å². The van der Waals surface area contributed by atoms with Crippen molar-refractivity contribution in [2.24, 2.45) is 16.4 Å². The minimum Gasteiger partial charge on any atom is -0.277 e. The van der Waals surface area contributed by atoms with E-state index in [0.717, 1.165) is 12.1 Å². The molecule has 0 saturated carbocycles. The molecule has 1 aliphatic heterocycles. The maximum Gasteiger partial charge on any atom is 0.240 e. The van der Waals surface area contributed by atoms with E-state index < -0.39 is 5.54 Å². The Morgan fingerprint density at radius 1 is 1.29 bits per heavy atom. The van der Waals surface area contributed by atoms with Gasteiger partial charge < -0.3 is 0 Å². The van der Waals surface area contributed by atoms with E-state index in [4.69, 9.17) is 0 Å². The van der Waals surface area contributed by atoms with Crippen LogP contribution < -0.4 is 5.43 Å². The average Bonchev–Trinajstić information content (AvgIpc) is 2.67. The third-order valence-electron chi connectivity index (χ3n) is 4.41. The highest BCUT2D eigenvalue weighted by Gasteiger charge is 2.46. The van der Waals surface area contributed by atoms with Crippen LogP contribution >= 0.6 is 0 Å². The number of hydrazone groups is 1. The molecule has 3 amide bonds. The first-order chi connectivity index (χ1) is 10.9. The lowest BCUT2D eigenvalue weighted by atomic mass is 9.77. The van der Waals surface area contributed by atoms with E-state index >= 15 is 0 Å². The summed E-state index contributed by atoms with van der Waals surface area (Å²) in [6.45, 7) is 13.3. The van der Waals surface area contributed by atoms with Crippen molar-refractivity contribution in [3.8, 4) is 0 Å². The molecule has 0 aromatic carbocycles. The van der Waals surface area contributed by atoms with Crippen molar-refractivity contribution in [3.63, 3.8) is 0 Å². The van der Waals surface area contributed by atoms with Crippen LogP contribution in [0.5, 0.6) is 0 Å². The van der Waals surface area contributed by atoms with Gasteiger partial charge in [-0.3, -0.25) is 19.3 Å². The zero-order valence-electron chi connectivity index (χ0n) is 16.0. The van der Waals surface area contributed by atoms with Crippen LogP contribution in [0.3, 0.4) is 0 Å². The molecule has 1 N–H and O–H groups in total. The number of carbonyl (C=O) groups excluding carboxylic acids is 3. The number of carbonyl (C=O) groups is 3. The molecule has 1 aliphatic rings. The van der Waals surface area contributed by atoms with E-state index in [-0.39, 0.29) is 41.9 Å². The number of nitrogens with zero attached hydrogens (tertiary/aromatic N) is 2. The molecule has 0 bridgehead atoms. The summed E-state index contributed by atoms with van der Waals surface area (Å²) >= 11 is 0. The van der Waals surface area contributed by atoms with Crippen molar-refractivity contribution in [1.82, 2.24) is 10.3 Å². The van der Waals surface area contributed by atoms with Crippen molar-refractivity contribution >= 4 is 23.4 Å². The molecule has 0 aromatic heterocycles. The predicted octanol–water partition coefficient (Wildman–Crippen LogP) is 2.87. The van der Waals surface area contributed by atoms with Gasteiger partial charge in [-0.05, 0) is 39.0 Å². The Hall–Kier alpha value is -1.72. The highest BCUT2D eigenvalue weighted by atomic mass is 16.2. The zero-order chi connectivity index (χ0) is 18.7. The summed E-state index contributed by atoms with van der Waals surface area (Å²) in [4.78, 5) is 37.9. The van der Waals surface area contributed by atoms with Crippen LogP contribution in [0.4, 0.5) is 0 Å². The molecule has 0 aliphatic carbocycles. The van der Waals surface area contributed by atoms with Crippen LogP contribution in [0.25, 0.3) is 0 Å². The number of imide groups is 1. The van der Waals surface area contributed by atoms with Gasteiger partial charge in [-0.25, -0.2) is 5.43 Å². The van der Waals surface area contributed by atoms with Crippen LogP contribution in [0.15, 0.2) is 5.10 Å². The van der Waals surface area contributed by atoms with E-state index in [0.29, 0.717) is 6.42 Å². The Bertz CT molecular complexity index is 550. The van der Waals surface area contributed by atoms with E-state index in [2.05, 4.69) is 10.5 Å². The van der Waals surface area contributed by atoms with Crippen molar-refractivity contribution in [3.05, 3.63) is 0 Å². The zero-order valence-corrected chi connectivity index (χ0v) is 16.0. The fourth-order valence-corrected chi connectivity index (χ4v) is 3.44. The summed E-state index contributed by atoms with van der Waals surface area (Å²) < 4.78 is 0. The lowest BCUT2D eigenvalue weighted by Crippen LogP contribution is -2.50. The van der Waals surface area contributed by atoms with Gasteiger partial charge in [-0.2, -0.15) is 5.10 Å². The highest BCUT2D eigenvalue weighted by molar-refractivity contribution is 6.04. The first-order valence-electron chi connectivity index (χ1n) is 8.58. The second-order valence-corrected chi connectivity index (χ2v) is 8.24. The maximum absolute atomic E-state index is 12.3. The Morgan fingerprint density at radius 2 is 1.88 bits per heavy atom. The molecular weight excluding hydrogens is 306 g/mol. The maximum atomic E-state index is 12.3. The van der Waals surface area contributed by atoms with Crippen LogP contribution in [0, 0.1) is 11.3 Å². The monoisotopic (exact) mass is 337 g/mol. The average molecular weight is 337 g/mol.